The smallest absolute Gasteiger partial charge is 0.329 e. The molecule has 2 saturated heterocycles. The molecule has 2 heterocycles. The first-order chi connectivity index (χ1) is 33.1. The maximum atomic E-state index is 14.9. The van der Waals surface area contributed by atoms with Crippen LogP contribution < -0.4 is 26.6 Å². The number of benzene rings is 2. The molecule has 2 aromatic rings. The summed E-state index contributed by atoms with van der Waals surface area (Å²) in [5.41, 5.74) is 0.911. The first kappa shape index (κ1) is 55.8. The number of hydrogen-bond acceptors (Lipinski definition) is 13. The number of cyclic esters (lactones) is 1. The summed E-state index contributed by atoms with van der Waals surface area (Å²) in [6, 6.07) is 0.767. The van der Waals surface area contributed by atoms with E-state index in [1.165, 1.54) is 62.5 Å². The monoisotopic (exact) mass is 979 g/mol. The van der Waals surface area contributed by atoms with E-state index < -0.39 is 126 Å². The Morgan fingerprint density at radius 1 is 0.800 bits per heavy atom. The van der Waals surface area contributed by atoms with E-state index in [4.69, 9.17) is 4.74 Å². The molecule has 10 atom stereocenters. The lowest BCUT2D eigenvalue weighted by Crippen LogP contribution is -2.66. The number of carbonyl (C=O) groups excluding carboxylic acids is 8. The number of aliphatic hydroxyl groups excluding tert-OH is 1. The summed E-state index contributed by atoms with van der Waals surface area (Å²) in [6.45, 7) is 9.81. The van der Waals surface area contributed by atoms with Crippen molar-refractivity contribution >= 4 is 53.3 Å². The van der Waals surface area contributed by atoms with Crippen molar-refractivity contribution in [3.05, 3.63) is 59.7 Å². The number of hydrogen-bond donors (Lipinski definition) is 9. The molecule has 7 amide bonds. The zero-order chi connectivity index (χ0) is 52.0. The maximum Gasteiger partial charge on any atom is 0.329 e. The summed E-state index contributed by atoms with van der Waals surface area (Å²) in [5, 5.41) is 54.0. The van der Waals surface area contributed by atoms with E-state index in [1.807, 2.05) is 6.92 Å². The number of rotatable bonds is 16. The molecule has 4 rings (SSSR count). The molecular formula is C49H69N7O14. The van der Waals surface area contributed by atoms with Crippen molar-refractivity contribution in [1.82, 2.24) is 36.4 Å². The van der Waals surface area contributed by atoms with Gasteiger partial charge in [-0.2, -0.15) is 0 Å². The highest BCUT2D eigenvalue weighted by molar-refractivity contribution is 5.99. The van der Waals surface area contributed by atoms with Crippen molar-refractivity contribution in [1.29, 1.82) is 0 Å². The van der Waals surface area contributed by atoms with Crippen LogP contribution >= 0.6 is 0 Å². The first-order valence-corrected chi connectivity index (χ1v) is 23.8. The van der Waals surface area contributed by atoms with Crippen molar-refractivity contribution < 1.29 is 68.3 Å². The number of aromatic hydroxyl groups is 2. The Bertz CT molecular complexity index is 2190. The van der Waals surface area contributed by atoms with Crippen molar-refractivity contribution in [3.63, 3.8) is 0 Å². The number of aliphatic hydroxyl groups is 1. The molecule has 2 aliphatic heterocycles. The third-order valence-corrected chi connectivity index (χ3v) is 12.7. The van der Waals surface area contributed by atoms with Gasteiger partial charge < -0.3 is 61.5 Å². The summed E-state index contributed by atoms with van der Waals surface area (Å²) < 4.78 is 5.83. The Labute approximate surface area is 407 Å². The molecule has 0 aliphatic carbocycles. The molecule has 1 unspecified atom stereocenters. The van der Waals surface area contributed by atoms with Gasteiger partial charge in [0, 0.05) is 26.3 Å². The molecule has 0 saturated carbocycles. The third-order valence-electron chi connectivity index (χ3n) is 12.7. The summed E-state index contributed by atoms with van der Waals surface area (Å²) in [4.78, 5) is 128. The van der Waals surface area contributed by atoms with Gasteiger partial charge in [0.05, 0.1) is 6.42 Å². The lowest BCUT2D eigenvalue weighted by Gasteiger charge is -2.44. The van der Waals surface area contributed by atoms with Crippen molar-refractivity contribution in [2.24, 2.45) is 11.8 Å². The van der Waals surface area contributed by atoms with Gasteiger partial charge >= 0.3 is 11.9 Å². The third kappa shape index (κ3) is 15.1. The highest BCUT2D eigenvalue weighted by atomic mass is 16.5. The van der Waals surface area contributed by atoms with Crippen LogP contribution in [-0.2, 0) is 60.7 Å². The van der Waals surface area contributed by atoms with Crippen LogP contribution in [0.1, 0.15) is 104 Å². The van der Waals surface area contributed by atoms with Gasteiger partial charge in [-0.15, -0.1) is 0 Å². The SMILES string of the molecule is CCCCCC(=O)N[C@@H](CC(=O)O)C(=O)N[C@@H]1C(=O)N[C@@H](Cc2ccc(O)cc2)C(=O)N[C@H]2CC[C@@H](O)N(C2=O)[C@@H](C(C)CC)C(=O)N(C)[C@@H](Cc2ccc(O)cc2)C(=O)N[C@@H](C(C)C)C(=O)O[C@@H]1C. The molecular weight excluding hydrogens is 911 g/mol. The number of phenols is 2. The lowest BCUT2D eigenvalue weighted by molar-refractivity contribution is -0.168. The largest absolute Gasteiger partial charge is 0.508 e. The average Bonchev–Trinajstić information content (AvgIpc) is 3.30. The van der Waals surface area contributed by atoms with Gasteiger partial charge in [0.25, 0.3) is 0 Å². The van der Waals surface area contributed by atoms with Crippen molar-refractivity contribution in [2.45, 2.75) is 160 Å². The van der Waals surface area contributed by atoms with Gasteiger partial charge in [-0.1, -0.05) is 78.1 Å². The number of likely N-dealkylation sites (N-methyl/N-ethyl adjacent to an activating group) is 1. The molecule has 2 fully saturated rings. The fraction of sp³-hybridized carbons (Fsp3) is 0.571. The van der Waals surface area contributed by atoms with Crippen LogP contribution in [0.3, 0.4) is 0 Å². The number of aliphatic carboxylic acids is 1. The Morgan fingerprint density at radius 3 is 1.96 bits per heavy atom. The highest BCUT2D eigenvalue weighted by Gasteiger charge is 2.47. The summed E-state index contributed by atoms with van der Waals surface area (Å²) >= 11 is 0. The van der Waals surface area contributed by atoms with Gasteiger partial charge in [0.2, 0.25) is 41.4 Å². The highest BCUT2D eigenvalue weighted by Crippen LogP contribution is 2.28. The second-order valence-corrected chi connectivity index (χ2v) is 18.5. The van der Waals surface area contributed by atoms with E-state index in [0.717, 1.165) is 16.2 Å². The van der Waals surface area contributed by atoms with Crippen LogP contribution in [0.15, 0.2) is 48.5 Å². The molecule has 0 aromatic heterocycles. The molecule has 21 nitrogen and oxygen atoms in total. The molecule has 0 spiro atoms. The molecule has 2 aromatic carbocycles. The van der Waals surface area contributed by atoms with E-state index in [0.29, 0.717) is 30.4 Å². The zero-order valence-electron chi connectivity index (χ0n) is 40.8. The number of carboxylic acids is 1. The number of phenolic OH excluding ortho intramolecular Hbond substituents is 2. The minimum absolute atomic E-state index is 0.0240. The van der Waals surface area contributed by atoms with Crippen LogP contribution in [0.2, 0.25) is 0 Å². The second-order valence-electron chi connectivity index (χ2n) is 18.5. The maximum absolute atomic E-state index is 14.9. The summed E-state index contributed by atoms with van der Waals surface area (Å²) in [6.07, 6.45) is -2.42. The van der Waals surface area contributed by atoms with Gasteiger partial charge in [-0.05, 0) is 73.4 Å². The van der Waals surface area contributed by atoms with Gasteiger partial charge in [0.1, 0.15) is 66.1 Å². The minimum atomic E-state index is -1.89. The fourth-order valence-corrected chi connectivity index (χ4v) is 8.36. The number of piperidine rings is 1. The molecule has 70 heavy (non-hydrogen) atoms. The van der Waals surface area contributed by atoms with Crippen molar-refractivity contribution in [2.75, 3.05) is 7.05 Å². The number of nitrogens with zero attached hydrogens (tertiary/aromatic N) is 2. The van der Waals surface area contributed by atoms with E-state index in [2.05, 4.69) is 26.6 Å². The normalized spacial score (nSPS) is 25.0. The second kappa shape index (κ2) is 25.7. The van der Waals surface area contributed by atoms with E-state index in [9.17, 15) is 63.6 Å². The predicted molar refractivity (Wildman–Crippen MR) is 252 cm³/mol. The van der Waals surface area contributed by atoms with Crippen LogP contribution in [0.5, 0.6) is 11.5 Å². The summed E-state index contributed by atoms with van der Waals surface area (Å²) in [7, 11) is 1.35. The first-order valence-electron chi connectivity index (χ1n) is 23.8. The fourth-order valence-electron chi connectivity index (χ4n) is 8.36. The van der Waals surface area contributed by atoms with Crippen LogP contribution in [0.4, 0.5) is 0 Å². The quantitative estimate of drug-likeness (QED) is 0.0843. The van der Waals surface area contributed by atoms with E-state index >= 15 is 0 Å². The van der Waals surface area contributed by atoms with E-state index in [-0.39, 0.29) is 43.6 Å². The zero-order valence-corrected chi connectivity index (χ0v) is 40.8. The lowest BCUT2D eigenvalue weighted by atomic mass is 9.91. The number of amides is 7. The molecule has 2 aliphatic rings. The van der Waals surface area contributed by atoms with Gasteiger partial charge in [0.15, 0.2) is 0 Å². The number of nitrogens with one attached hydrogen (secondary N) is 5. The van der Waals surface area contributed by atoms with E-state index in [1.54, 1.807) is 27.7 Å². The standard InChI is InChI=1S/C49H69N7O14/c1-8-10-11-12-37(59)50-35(25-39(61)62)44(64)54-41-28(6)70-49(69)40(26(3)4)53-45(65)36(24-30-15-19-32(58)20-16-30)55(7)48(68)42(27(5)9-2)56-38(60)22-21-33(47(56)67)51-43(63)34(52-46(41)66)23-29-13-17-31(57)18-14-29/h13-20,26-28,33-36,38,40-42,57-58,60H,8-12,21-25H2,1-7H3,(H,50,59)(H,51,63)(H,52,66)(H,53,65)(H,54,64)(H,61,62)/t27?,28-,33+,34+,35+,36+,38-,40+,41+,42+/m1/s1. The Morgan fingerprint density at radius 2 is 1.40 bits per heavy atom. The topological polar surface area (TPSA) is 310 Å². The Hall–Kier alpha value is -6.77. The molecule has 2 bridgehead atoms. The summed E-state index contributed by atoms with van der Waals surface area (Å²) in [5.74, 6) is -10.3. The van der Waals surface area contributed by atoms with Crippen molar-refractivity contribution in [3.8, 4) is 11.5 Å². The Balaban J connectivity index is 1.88. The number of carboxylic acid groups (broad SMARTS) is 1. The molecule has 384 valence electrons. The number of fused-ring (bicyclic) bond motifs is 2. The number of ether oxygens (including phenoxy) is 1. The minimum Gasteiger partial charge on any atom is -0.508 e. The van der Waals surface area contributed by atoms with Gasteiger partial charge in [-0.25, -0.2) is 4.79 Å². The Kier molecular flexibility index (Phi) is 20.5. The predicted octanol–water partition coefficient (Wildman–Crippen LogP) is 1.15. The van der Waals surface area contributed by atoms with Crippen LogP contribution in [0.25, 0.3) is 0 Å². The number of carbonyl (C=O) groups is 9. The molecule has 21 heteroatoms. The number of unbranched alkanes of at least 4 members (excludes halogenated alkanes) is 2. The molecule has 9 N–H and O–H groups in total. The van der Waals surface area contributed by atoms with Gasteiger partial charge in [-0.3, -0.25) is 38.4 Å². The number of esters is 1. The average molecular weight is 980 g/mol. The van der Waals surface area contributed by atoms with Crippen LogP contribution in [0, 0.1) is 11.8 Å². The van der Waals surface area contributed by atoms with Crippen LogP contribution in [-0.4, -0.2) is 145 Å². The molecule has 0 radical (unpaired) electrons.